The Morgan fingerprint density at radius 2 is 1.91 bits per heavy atom. The van der Waals surface area contributed by atoms with Crippen LogP contribution in [0, 0.1) is 0 Å². The molecule has 1 aromatic rings. The molecular weight excluding hydrogens is 279 g/mol. The van der Waals surface area contributed by atoms with Crippen LogP contribution >= 0.6 is 0 Å². The van der Waals surface area contributed by atoms with E-state index in [0.717, 1.165) is 11.0 Å². The second-order valence-corrected chi connectivity index (χ2v) is 6.37. The summed E-state index contributed by atoms with van der Waals surface area (Å²) < 4.78 is 17.4. The van der Waals surface area contributed by atoms with Crippen LogP contribution < -0.4 is 10.5 Å². The highest BCUT2D eigenvalue weighted by atomic mass is 16.7. The van der Waals surface area contributed by atoms with Gasteiger partial charge in [-0.25, -0.2) is 4.98 Å². The fraction of sp³-hybridized carbons (Fsp3) is 0.562. The van der Waals surface area contributed by atoms with Gasteiger partial charge >= 0.3 is 7.12 Å². The number of pyridine rings is 1. The number of aromatic nitrogens is 1. The lowest BCUT2D eigenvalue weighted by molar-refractivity contribution is 0.00578. The van der Waals surface area contributed by atoms with Crippen molar-refractivity contribution in [3.05, 3.63) is 29.4 Å². The highest BCUT2D eigenvalue weighted by molar-refractivity contribution is 6.55. The zero-order valence-corrected chi connectivity index (χ0v) is 14.1. The van der Waals surface area contributed by atoms with Crippen LogP contribution in [0.2, 0.25) is 0 Å². The largest absolute Gasteiger partial charge is 0.491 e. The highest BCUT2D eigenvalue weighted by Gasteiger charge is 2.52. The molecule has 0 aromatic carbocycles. The molecule has 0 atom stereocenters. The standard InChI is InChI=1S/C16H25BN2O3/c1-6-20-14-8-7-12(11-19-14)9-13(10-18)17-21-15(2,3)16(4,5)22-17/h7-9,11H,6,10,18H2,1-5H3. The van der Waals surface area contributed by atoms with E-state index in [-0.39, 0.29) is 11.2 Å². The lowest BCUT2D eigenvalue weighted by Gasteiger charge is -2.32. The van der Waals surface area contributed by atoms with Gasteiger partial charge in [0.25, 0.3) is 0 Å². The summed E-state index contributed by atoms with van der Waals surface area (Å²) in [7, 11) is -0.429. The minimum atomic E-state index is -0.429. The van der Waals surface area contributed by atoms with Crippen LogP contribution in [-0.2, 0) is 9.31 Å². The van der Waals surface area contributed by atoms with Gasteiger partial charge in [0.05, 0.1) is 17.8 Å². The first-order valence-corrected chi connectivity index (χ1v) is 7.64. The average molecular weight is 304 g/mol. The third-order valence-electron chi connectivity index (χ3n) is 4.20. The van der Waals surface area contributed by atoms with E-state index < -0.39 is 7.12 Å². The summed E-state index contributed by atoms with van der Waals surface area (Å²) in [6, 6.07) is 3.78. The Morgan fingerprint density at radius 1 is 1.27 bits per heavy atom. The summed E-state index contributed by atoms with van der Waals surface area (Å²) in [6.45, 7) is 11.0. The van der Waals surface area contributed by atoms with Crippen molar-refractivity contribution >= 4 is 13.2 Å². The molecular formula is C16H25BN2O3. The first kappa shape index (κ1) is 17.0. The second-order valence-electron chi connectivity index (χ2n) is 6.37. The van der Waals surface area contributed by atoms with Gasteiger partial charge in [0.15, 0.2) is 0 Å². The Labute approximate surface area is 133 Å². The van der Waals surface area contributed by atoms with E-state index in [1.807, 2.05) is 52.8 Å². The predicted octanol–water partition coefficient (Wildman–Crippen LogP) is 2.45. The van der Waals surface area contributed by atoms with E-state index in [2.05, 4.69) is 4.98 Å². The van der Waals surface area contributed by atoms with E-state index in [1.165, 1.54) is 0 Å². The Balaban J connectivity index is 2.18. The molecule has 0 amide bonds. The van der Waals surface area contributed by atoms with Gasteiger partial charge in [0.2, 0.25) is 5.88 Å². The summed E-state index contributed by atoms with van der Waals surface area (Å²) >= 11 is 0. The van der Waals surface area contributed by atoms with Gasteiger partial charge in [0, 0.05) is 18.8 Å². The maximum absolute atomic E-state index is 6.04. The van der Waals surface area contributed by atoms with E-state index in [1.54, 1.807) is 6.20 Å². The SMILES string of the molecule is CCOc1ccc(C=C(CN)B2OC(C)(C)C(C)(C)O2)cn1. The third kappa shape index (κ3) is 3.51. The normalized spacial score (nSPS) is 20.3. The topological polar surface area (TPSA) is 66.6 Å². The Bertz CT molecular complexity index is 525. The maximum Gasteiger partial charge on any atom is 0.491 e. The summed E-state index contributed by atoms with van der Waals surface area (Å²) in [5, 5.41) is 0. The smallest absolute Gasteiger partial charge is 0.478 e. The summed E-state index contributed by atoms with van der Waals surface area (Å²) in [5.41, 5.74) is 6.97. The van der Waals surface area contributed by atoms with E-state index in [4.69, 9.17) is 19.8 Å². The monoisotopic (exact) mass is 304 g/mol. The number of rotatable bonds is 5. The summed E-state index contributed by atoms with van der Waals surface area (Å²) in [6.07, 6.45) is 3.72. The number of nitrogens with two attached hydrogens (primary N) is 1. The molecule has 1 aliphatic heterocycles. The molecule has 0 bridgehead atoms. The molecule has 2 rings (SSSR count). The van der Waals surface area contributed by atoms with Crippen molar-refractivity contribution in [2.45, 2.75) is 45.8 Å². The van der Waals surface area contributed by atoms with Crippen molar-refractivity contribution in [2.24, 2.45) is 5.73 Å². The van der Waals surface area contributed by atoms with Gasteiger partial charge in [-0.3, -0.25) is 0 Å². The first-order valence-electron chi connectivity index (χ1n) is 7.64. The van der Waals surface area contributed by atoms with Crippen LogP contribution in [0.15, 0.2) is 23.8 Å². The van der Waals surface area contributed by atoms with Gasteiger partial charge < -0.3 is 19.8 Å². The molecule has 22 heavy (non-hydrogen) atoms. The molecule has 1 saturated heterocycles. The molecule has 0 radical (unpaired) electrons. The minimum Gasteiger partial charge on any atom is -0.478 e. The van der Waals surface area contributed by atoms with Crippen molar-refractivity contribution in [3.63, 3.8) is 0 Å². The zero-order chi connectivity index (χ0) is 16.4. The molecule has 6 heteroatoms. The van der Waals surface area contributed by atoms with Gasteiger partial charge in [-0.15, -0.1) is 0 Å². The van der Waals surface area contributed by atoms with Crippen molar-refractivity contribution in [1.29, 1.82) is 0 Å². The lowest BCUT2D eigenvalue weighted by atomic mass is 9.77. The number of hydrogen-bond donors (Lipinski definition) is 1. The van der Waals surface area contributed by atoms with Gasteiger partial charge in [0.1, 0.15) is 0 Å². The van der Waals surface area contributed by atoms with E-state index in [9.17, 15) is 0 Å². The number of hydrogen-bond acceptors (Lipinski definition) is 5. The average Bonchev–Trinajstić information content (AvgIpc) is 2.67. The fourth-order valence-electron chi connectivity index (χ4n) is 2.14. The molecule has 120 valence electrons. The van der Waals surface area contributed by atoms with Crippen molar-refractivity contribution < 1.29 is 14.0 Å². The second kappa shape index (κ2) is 6.40. The Morgan fingerprint density at radius 3 is 2.36 bits per heavy atom. The van der Waals surface area contributed by atoms with Crippen LogP contribution in [0.3, 0.4) is 0 Å². The number of nitrogens with zero attached hydrogens (tertiary/aromatic N) is 1. The van der Waals surface area contributed by atoms with Crippen LogP contribution in [0.25, 0.3) is 6.08 Å². The van der Waals surface area contributed by atoms with Crippen LogP contribution in [-0.4, -0.2) is 36.5 Å². The molecule has 0 aliphatic carbocycles. The van der Waals surface area contributed by atoms with Crippen molar-refractivity contribution in [3.8, 4) is 5.88 Å². The van der Waals surface area contributed by atoms with Gasteiger partial charge in [-0.2, -0.15) is 0 Å². The summed E-state index contributed by atoms with van der Waals surface area (Å²) in [5.74, 6) is 0.615. The highest BCUT2D eigenvalue weighted by Crippen LogP contribution is 2.38. The fourth-order valence-corrected chi connectivity index (χ4v) is 2.14. The lowest BCUT2D eigenvalue weighted by Crippen LogP contribution is -2.41. The molecule has 0 spiro atoms. The quantitative estimate of drug-likeness (QED) is 0.846. The maximum atomic E-state index is 6.04. The van der Waals surface area contributed by atoms with E-state index in [0.29, 0.717) is 19.0 Å². The molecule has 5 nitrogen and oxygen atoms in total. The summed E-state index contributed by atoms with van der Waals surface area (Å²) in [4.78, 5) is 4.25. The van der Waals surface area contributed by atoms with Crippen LogP contribution in [0.5, 0.6) is 5.88 Å². The van der Waals surface area contributed by atoms with Gasteiger partial charge in [-0.1, -0.05) is 6.08 Å². The third-order valence-corrected chi connectivity index (χ3v) is 4.20. The predicted molar refractivity (Wildman–Crippen MR) is 88.5 cm³/mol. The van der Waals surface area contributed by atoms with Gasteiger partial charge in [-0.05, 0) is 51.7 Å². The molecule has 0 saturated carbocycles. The van der Waals surface area contributed by atoms with Crippen molar-refractivity contribution in [1.82, 2.24) is 4.98 Å². The Hall–Kier alpha value is -1.37. The molecule has 1 fully saturated rings. The minimum absolute atomic E-state index is 0.365. The molecule has 2 N–H and O–H groups in total. The number of ether oxygens (including phenoxy) is 1. The van der Waals surface area contributed by atoms with Crippen molar-refractivity contribution in [2.75, 3.05) is 13.2 Å². The first-order chi connectivity index (χ1) is 10.3. The molecule has 1 aromatic heterocycles. The van der Waals surface area contributed by atoms with Crippen LogP contribution in [0.4, 0.5) is 0 Å². The van der Waals surface area contributed by atoms with Crippen LogP contribution in [0.1, 0.15) is 40.2 Å². The molecule has 0 unspecified atom stereocenters. The Kier molecular flexibility index (Phi) is 4.95. The van der Waals surface area contributed by atoms with E-state index >= 15 is 0 Å². The zero-order valence-electron chi connectivity index (χ0n) is 14.1. The molecule has 1 aliphatic rings. The molecule has 2 heterocycles.